The number of allylic oxidation sites excluding steroid dienone is 19. The number of rotatable bonds is 44. The van der Waals surface area contributed by atoms with E-state index in [0.717, 1.165) is 109 Å². The lowest BCUT2D eigenvalue weighted by Crippen LogP contribution is -2.29. The summed E-state index contributed by atoms with van der Waals surface area (Å²) in [5, 5.41) is 0. The highest BCUT2D eigenvalue weighted by Gasteiger charge is 2.17. The number of ether oxygens (including phenoxy) is 3. The SMILES string of the molecule is CC/C=C\C/C=C\C/C=C\C/C=C\C/C=C\CC(=O)OC(COCCCCCC/C=C\C/C=C\C/C=C\CC)COC(=O)CCCCCCCCC/C=C\C/C=C\CCCCC. The van der Waals surface area contributed by atoms with Crippen molar-refractivity contribution in [1.29, 1.82) is 0 Å². The van der Waals surface area contributed by atoms with Gasteiger partial charge in [-0.05, 0) is 109 Å². The van der Waals surface area contributed by atoms with Gasteiger partial charge in [-0.3, -0.25) is 9.59 Å². The van der Waals surface area contributed by atoms with Gasteiger partial charge in [-0.2, -0.15) is 0 Å². The topological polar surface area (TPSA) is 61.8 Å². The average molecular weight is 857 g/mol. The highest BCUT2D eigenvalue weighted by molar-refractivity contribution is 5.71. The van der Waals surface area contributed by atoms with Gasteiger partial charge in [-0.1, -0.05) is 200 Å². The third kappa shape index (κ3) is 49.0. The Morgan fingerprint density at radius 3 is 1.24 bits per heavy atom. The molecule has 1 unspecified atom stereocenters. The number of carbonyl (C=O) groups is 2. The summed E-state index contributed by atoms with van der Waals surface area (Å²) in [6.07, 6.45) is 72.3. The molecule has 0 radical (unpaired) electrons. The van der Waals surface area contributed by atoms with Crippen LogP contribution < -0.4 is 0 Å². The Morgan fingerprint density at radius 1 is 0.387 bits per heavy atom. The Balaban J connectivity index is 4.46. The molecule has 0 aliphatic rings. The maximum absolute atomic E-state index is 12.7. The molecule has 62 heavy (non-hydrogen) atoms. The Labute approximate surface area is 382 Å². The predicted octanol–water partition coefficient (Wildman–Crippen LogP) is 17.0. The van der Waals surface area contributed by atoms with Gasteiger partial charge in [-0.15, -0.1) is 0 Å². The largest absolute Gasteiger partial charge is 0.462 e. The molecular weight excluding hydrogens is 765 g/mol. The summed E-state index contributed by atoms with van der Waals surface area (Å²) in [5.41, 5.74) is 0. The second kappa shape index (κ2) is 51.6. The number of esters is 2. The molecule has 0 heterocycles. The average Bonchev–Trinajstić information content (AvgIpc) is 3.27. The molecule has 0 aliphatic heterocycles. The molecule has 350 valence electrons. The van der Waals surface area contributed by atoms with E-state index in [2.05, 4.69) is 130 Å². The maximum atomic E-state index is 12.7. The van der Waals surface area contributed by atoms with Crippen molar-refractivity contribution < 1.29 is 23.8 Å². The van der Waals surface area contributed by atoms with E-state index >= 15 is 0 Å². The number of hydrogen-bond acceptors (Lipinski definition) is 5. The summed E-state index contributed by atoms with van der Waals surface area (Å²) < 4.78 is 17.2. The minimum atomic E-state index is -0.613. The standard InChI is InChI=1S/C57H92O5/c1-4-7-10-13-16-19-22-25-28-29-31-32-35-38-41-44-47-50-56(58)61-54-55(53-60-52-49-46-43-40-37-34-27-24-21-18-15-12-9-6-3)62-57(59)51-48-45-42-39-36-33-30-26-23-20-17-14-11-8-5-2/h8-9,11-12,16-21,25-28,30,34,36,39,45,48,55H,4-7,10,13-15,22-24,29,31-33,35,37-38,40-44,46-47,49-54H2,1-3H3/b11-8-,12-9-,19-16-,20-17-,21-18-,28-25-,30-26-,34-27-,39-36-,48-45-. The molecule has 0 saturated heterocycles. The molecule has 0 aromatic carbocycles. The first-order valence-electron chi connectivity index (χ1n) is 25.1. The van der Waals surface area contributed by atoms with Crippen LogP contribution in [0.5, 0.6) is 0 Å². The van der Waals surface area contributed by atoms with Gasteiger partial charge in [0.05, 0.1) is 13.0 Å². The normalized spacial score (nSPS) is 13.3. The predicted molar refractivity (Wildman–Crippen MR) is 269 cm³/mol. The van der Waals surface area contributed by atoms with Crippen LogP contribution in [-0.4, -0.2) is 37.9 Å². The molecule has 0 fully saturated rings. The monoisotopic (exact) mass is 857 g/mol. The molecule has 1 atom stereocenters. The van der Waals surface area contributed by atoms with Crippen LogP contribution in [0.25, 0.3) is 0 Å². The van der Waals surface area contributed by atoms with E-state index in [4.69, 9.17) is 14.2 Å². The first-order chi connectivity index (χ1) is 30.6. The first-order valence-corrected chi connectivity index (χ1v) is 25.1. The van der Waals surface area contributed by atoms with Gasteiger partial charge in [0.15, 0.2) is 6.10 Å². The molecule has 0 aliphatic carbocycles. The molecule has 0 amide bonds. The smallest absolute Gasteiger partial charge is 0.310 e. The highest BCUT2D eigenvalue weighted by atomic mass is 16.6. The lowest BCUT2D eigenvalue weighted by atomic mass is 10.1. The zero-order chi connectivity index (χ0) is 44.9. The lowest BCUT2D eigenvalue weighted by molar-refractivity contribution is -0.162. The fourth-order valence-corrected chi connectivity index (χ4v) is 6.33. The summed E-state index contributed by atoms with van der Waals surface area (Å²) >= 11 is 0. The van der Waals surface area contributed by atoms with E-state index < -0.39 is 6.10 Å². The third-order valence-electron chi connectivity index (χ3n) is 10.00. The van der Waals surface area contributed by atoms with Crippen molar-refractivity contribution in [3.8, 4) is 0 Å². The van der Waals surface area contributed by atoms with Crippen LogP contribution in [0.4, 0.5) is 0 Å². The second-order valence-electron chi connectivity index (χ2n) is 16.0. The van der Waals surface area contributed by atoms with Gasteiger partial charge < -0.3 is 14.2 Å². The van der Waals surface area contributed by atoms with Gasteiger partial charge in [0.1, 0.15) is 6.61 Å². The number of unbranched alkanes of at least 4 members (excludes halogenated alkanes) is 14. The molecule has 0 bridgehead atoms. The molecule has 0 spiro atoms. The van der Waals surface area contributed by atoms with Crippen LogP contribution in [0.1, 0.15) is 201 Å². The molecule has 0 N–H and O–H groups in total. The van der Waals surface area contributed by atoms with Gasteiger partial charge in [0.25, 0.3) is 0 Å². The molecule has 5 heteroatoms. The Kier molecular flexibility index (Phi) is 48.6. The van der Waals surface area contributed by atoms with Crippen molar-refractivity contribution in [1.82, 2.24) is 0 Å². The molecule has 0 rings (SSSR count). The van der Waals surface area contributed by atoms with Crippen molar-refractivity contribution in [3.63, 3.8) is 0 Å². The van der Waals surface area contributed by atoms with Crippen molar-refractivity contribution in [2.45, 2.75) is 207 Å². The zero-order valence-corrected chi connectivity index (χ0v) is 40.1. The van der Waals surface area contributed by atoms with Gasteiger partial charge in [0, 0.05) is 13.0 Å². The van der Waals surface area contributed by atoms with Crippen LogP contribution in [0.15, 0.2) is 122 Å². The van der Waals surface area contributed by atoms with E-state index in [1.54, 1.807) is 0 Å². The second-order valence-corrected chi connectivity index (χ2v) is 16.0. The minimum absolute atomic E-state index is 0.0247. The van der Waals surface area contributed by atoms with E-state index in [-0.39, 0.29) is 31.6 Å². The van der Waals surface area contributed by atoms with E-state index in [0.29, 0.717) is 13.0 Å². The summed E-state index contributed by atoms with van der Waals surface area (Å²) in [6, 6.07) is 0. The van der Waals surface area contributed by atoms with Crippen molar-refractivity contribution in [3.05, 3.63) is 122 Å². The maximum Gasteiger partial charge on any atom is 0.310 e. The highest BCUT2D eigenvalue weighted by Crippen LogP contribution is 2.12. The van der Waals surface area contributed by atoms with Crippen LogP contribution in [0, 0.1) is 0 Å². The Bertz CT molecular complexity index is 1290. The van der Waals surface area contributed by atoms with Crippen LogP contribution in [0.2, 0.25) is 0 Å². The van der Waals surface area contributed by atoms with Crippen molar-refractivity contribution in [2.24, 2.45) is 0 Å². The van der Waals surface area contributed by atoms with E-state index in [1.807, 2.05) is 12.2 Å². The lowest BCUT2D eigenvalue weighted by Gasteiger charge is -2.18. The fraction of sp³-hybridized carbons (Fsp3) is 0.614. The molecule has 0 aromatic heterocycles. The Morgan fingerprint density at radius 2 is 0.774 bits per heavy atom. The van der Waals surface area contributed by atoms with Gasteiger partial charge >= 0.3 is 11.9 Å². The van der Waals surface area contributed by atoms with Gasteiger partial charge in [-0.25, -0.2) is 0 Å². The number of hydrogen-bond donors (Lipinski definition) is 0. The minimum Gasteiger partial charge on any atom is -0.462 e. The first kappa shape index (κ1) is 58.3. The molecule has 0 aromatic rings. The van der Waals surface area contributed by atoms with Crippen LogP contribution in [-0.2, 0) is 23.8 Å². The molecule has 0 saturated carbocycles. The van der Waals surface area contributed by atoms with Crippen LogP contribution >= 0.6 is 0 Å². The van der Waals surface area contributed by atoms with Crippen molar-refractivity contribution >= 4 is 11.9 Å². The number of carbonyl (C=O) groups excluding carboxylic acids is 2. The summed E-state index contributed by atoms with van der Waals surface area (Å²) in [5.74, 6) is -0.574. The summed E-state index contributed by atoms with van der Waals surface area (Å²) in [4.78, 5) is 25.3. The zero-order valence-electron chi connectivity index (χ0n) is 40.1. The van der Waals surface area contributed by atoms with Gasteiger partial charge in [0.2, 0.25) is 0 Å². The van der Waals surface area contributed by atoms with Crippen LogP contribution in [0.3, 0.4) is 0 Å². The molecule has 5 nitrogen and oxygen atoms in total. The molecular formula is C57H92O5. The Hall–Kier alpha value is -3.70. The quantitative estimate of drug-likeness (QED) is 0.0347. The van der Waals surface area contributed by atoms with E-state index in [9.17, 15) is 9.59 Å². The summed E-state index contributed by atoms with van der Waals surface area (Å²) in [7, 11) is 0. The summed E-state index contributed by atoms with van der Waals surface area (Å²) in [6.45, 7) is 7.39. The van der Waals surface area contributed by atoms with E-state index in [1.165, 1.54) is 57.8 Å². The third-order valence-corrected chi connectivity index (χ3v) is 10.00. The van der Waals surface area contributed by atoms with Crippen molar-refractivity contribution in [2.75, 3.05) is 19.8 Å². The fourth-order valence-electron chi connectivity index (χ4n) is 6.33.